The van der Waals surface area contributed by atoms with Crippen LogP contribution < -0.4 is 22.2 Å². The molecule has 3 unspecified atom stereocenters. The number of alkyl halides is 3. The molecular formula is C81H104BF3N8O24S. The Morgan fingerprint density at radius 2 is 0.737 bits per heavy atom. The third-order valence-electron chi connectivity index (χ3n) is 25.0. The minimum Gasteiger partial charge on any atom is -0.400 e. The first-order chi connectivity index (χ1) is 55.9. The van der Waals surface area contributed by atoms with Crippen molar-refractivity contribution in [2.24, 2.45) is 0 Å². The number of ketones is 1. The molecule has 4 aromatic heterocycles. The van der Waals surface area contributed by atoms with Crippen LogP contribution >= 0.6 is 0 Å². The summed E-state index contributed by atoms with van der Waals surface area (Å²) in [6.07, 6.45) is 43.5. The molecule has 37 heteroatoms. The van der Waals surface area contributed by atoms with Gasteiger partial charge in [0.15, 0.2) is 0 Å². The number of rotatable bonds is 10. The summed E-state index contributed by atoms with van der Waals surface area (Å²) in [7, 11) is -5.70. The summed E-state index contributed by atoms with van der Waals surface area (Å²) in [6.45, 7) is 13.3. The summed E-state index contributed by atoms with van der Waals surface area (Å²) < 4.78 is 113. The Labute approximate surface area is 680 Å². The summed E-state index contributed by atoms with van der Waals surface area (Å²) in [6, 6.07) is 10.9. The van der Waals surface area contributed by atoms with Crippen molar-refractivity contribution in [3.63, 3.8) is 0 Å². The molecule has 6 aliphatic carbocycles. The van der Waals surface area contributed by atoms with Crippen molar-refractivity contribution >= 4 is 62.9 Å². The lowest BCUT2D eigenvalue weighted by Crippen LogP contribution is -2.41. The van der Waals surface area contributed by atoms with Gasteiger partial charge in [-0.05, 0) is 243 Å². The van der Waals surface area contributed by atoms with Gasteiger partial charge < -0.3 is 46.9 Å². The molecule has 0 amide bonds. The molecule has 0 radical (unpaired) electrons. The van der Waals surface area contributed by atoms with Crippen molar-refractivity contribution in [1.29, 1.82) is 0 Å². The van der Waals surface area contributed by atoms with E-state index >= 15 is 0 Å². The Hall–Kier alpha value is -8.95. The van der Waals surface area contributed by atoms with Crippen molar-refractivity contribution in [2.75, 3.05) is 39.6 Å². The van der Waals surface area contributed by atoms with E-state index in [0.717, 1.165) is 191 Å². The molecule has 1 N–H and O–H groups in total. The number of nitrogens with zero attached hydrogens (tertiary/aromatic N) is 7. The highest BCUT2D eigenvalue weighted by Gasteiger charge is 2.54. The van der Waals surface area contributed by atoms with Gasteiger partial charge in [0.25, 0.3) is 0 Å². The highest BCUT2D eigenvalue weighted by molar-refractivity contribution is 7.87. The molecule has 13 aliphatic rings. The van der Waals surface area contributed by atoms with Gasteiger partial charge in [-0.25, -0.2) is 0 Å². The van der Waals surface area contributed by atoms with E-state index < -0.39 is 63.2 Å². The number of Topliss-reactive ketones (excluding diaryl/α,β-unsaturated/α-hetero) is 1. The number of H-pyrrole nitrogens is 1. The number of hydrogen-bond donors (Lipinski definition) is 1. The molecule has 642 valence electrons. The lowest BCUT2D eigenvalue weighted by atomic mass is 9.69. The summed E-state index contributed by atoms with van der Waals surface area (Å²) >= 11 is 0. The number of hydrogen-bond acceptors (Lipinski definition) is 24. The standard InChI is InChI=1S/C15H25BO3.3C14H16N2O4.C10H13F3O4S.C9H14O2.C5H4N2O3/c1-13(2)14(3,4)19-16(18-13)12-6-9-15(10-7-12)8-5-11-17-15;3*17-13-12(16(18)19)3-1-9-15(13)11-4-7-14(8-5-11)6-2-10-20-14;11-10(12,13)18(14,15)17-8-2-5-9(6-3-8)4-1-7-16-9;10-8-2-5-9(6-3-8)4-1-7-11-9;8-5-4(7(9)10)2-1-3-6-5/h6H,5,7-11H2,1-4H3;3*1,3-4,9H,2,5-8,10H2;2H,1,3-7H2;1-7H2;1-3H,(H,6,8)/t;2*14-;;;;/m.10..../s1. The van der Waals surface area contributed by atoms with Crippen LogP contribution in [0.25, 0.3) is 17.1 Å². The molecule has 118 heavy (non-hydrogen) atoms. The van der Waals surface area contributed by atoms with Gasteiger partial charge in [0, 0.05) is 125 Å². The van der Waals surface area contributed by atoms with Crippen molar-refractivity contribution in [1.82, 2.24) is 18.7 Å². The first-order valence-corrected chi connectivity index (χ1v) is 41.9. The fourth-order valence-corrected chi connectivity index (χ4v) is 17.8. The van der Waals surface area contributed by atoms with E-state index in [2.05, 4.69) is 42.9 Å². The molecule has 0 bridgehead atoms. The Morgan fingerprint density at radius 1 is 0.424 bits per heavy atom. The molecule has 0 aromatic carbocycles. The average molecular weight is 1670 g/mol. The fourth-order valence-electron chi connectivity index (χ4n) is 17.3. The number of nitro groups is 4. The number of nitrogens with one attached hydrogen (secondary N) is 1. The van der Waals surface area contributed by atoms with Crippen LogP contribution in [-0.2, 0) is 56.8 Å². The van der Waals surface area contributed by atoms with Crippen LogP contribution in [0.4, 0.5) is 35.9 Å². The Kier molecular flexibility index (Phi) is 28.8. The first kappa shape index (κ1) is 89.8. The predicted octanol–water partition coefficient (Wildman–Crippen LogP) is 14.7. The Morgan fingerprint density at radius 3 is 1.01 bits per heavy atom. The number of carbonyl (C=O) groups excluding carboxylic acids is 1. The zero-order valence-electron chi connectivity index (χ0n) is 67.0. The second kappa shape index (κ2) is 37.8. The number of aromatic amines is 1. The van der Waals surface area contributed by atoms with Gasteiger partial charge in [-0.3, -0.25) is 78.1 Å². The van der Waals surface area contributed by atoms with Crippen LogP contribution in [0.5, 0.6) is 0 Å². The average Bonchev–Trinajstić information content (AvgIpc) is 1.70. The van der Waals surface area contributed by atoms with E-state index in [-0.39, 0.29) is 81.2 Å². The number of aromatic nitrogens is 4. The molecule has 7 aliphatic heterocycles. The molecule has 32 nitrogen and oxygen atoms in total. The lowest BCUT2D eigenvalue weighted by molar-refractivity contribution is -0.386. The molecule has 17 rings (SSSR count). The summed E-state index contributed by atoms with van der Waals surface area (Å²) in [5, 5.41) is 42.4. The first-order valence-electron chi connectivity index (χ1n) is 40.5. The van der Waals surface area contributed by atoms with Crippen LogP contribution in [0.3, 0.4) is 0 Å². The highest BCUT2D eigenvalue weighted by Crippen LogP contribution is 2.47. The van der Waals surface area contributed by atoms with E-state index in [0.29, 0.717) is 44.5 Å². The Balaban J connectivity index is 0.000000137. The van der Waals surface area contributed by atoms with Gasteiger partial charge in [-0.15, -0.1) is 0 Å². The van der Waals surface area contributed by atoms with Crippen molar-refractivity contribution in [3.05, 3.63) is 197 Å². The van der Waals surface area contributed by atoms with Gasteiger partial charge in [0.1, 0.15) is 11.5 Å². The van der Waals surface area contributed by atoms with Gasteiger partial charge in [0.05, 0.1) is 64.5 Å². The minimum atomic E-state index is -5.54. The fraction of sp³-hybridized carbons (Fsp3) is 0.617. The number of allylic oxidation sites excluding steroid dienone is 5. The van der Waals surface area contributed by atoms with Crippen LogP contribution in [0.1, 0.15) is 227 Å². The number of pyridine rings is 4. The van der Waals surface area contributed by atoms with Gasteiger partial charge in [-0.1, -0.05) is 24.3 Å². The Bertz CT molecular complexity index is 4560. The van der Waals surface area contributed by atoms with Crippen LogP contribution in [0, 0.1) is 40.5 Å². The van der Waals surface area contributed by atoms with Gasteiger partial charge >= 0.3 is 67.7 Å². The molecular weight excluding hydrogens is 1570 g/mol. The number of halogens is 3. The molecule has 11 heterocycles. The molecule has 8 fully saturated rings. The van der Waals surface area contributed by atoms with Gasteiger partial charge in [0.2, 0.25) is 0 Å². The molecule has 6 spiro atoms. The summed E-state index contributed by atoms with van der Waals surface area (Å²) in [4.78, 5) is 99.7. The number of ether oxygens (including phenoxy) is 6. The third kappa shape index (κ3) is 21.8. The van der Waals surface area contributed by atoms with Crippen molar-refractivity contribution < 1.29 is 88.0 Å². The van der Waals surface area contributed by atoms with Crippen molar-refractivity contribution in [3.8, 4) is 0 Å². The van der Waals surface area contributed by atoms with E-state index in [1.54, 1.807) is 18.6 Å². The van der Waals surface area contributed by atoms with Crippen LogP contribution in [0.2, 0.25) is 0 Å². The van der Waals surface area contributed by atoms with Crippen LogP contribution in [-0.4, -0.2) is 150 Å². The van der Waals surface area contributed by atoms with Crippen molar-refractivity contribution in [2.45, 2.75) is 277 Å². The van der Waals surface area contributed by atoms with E-state index in [1.807, 2.05) is 18.2 Å². The maximum Gasteiger partial charge on any atom is 0.534 e. The monoisotopic (exact) mass is 1670 g/mol. The zero-order chi connectivity index (χ0) is 85.0. The SMILES string of the molecule is CC1(C)OB(C2=CCC3(CCCO3)CC2)OC1(C)C.O=C1CCC2(CCCO2)CC1.O=S(=O)(OC1=CCC2(CCCO2)CC1)C(F)(F)F.O=c1[nH]cccc1[N+](=O)[O-].O=c1c([N+](=O)[O-])cccn1C1=CCC2(CCCO2)CC1.O=c1c([N+](=O)[O-])cccn1C1=CC[C@@]2(CCCO2)CC1.O=c1c([N+](=O)[O-])cccn1C1=CC[C@]2(CCCO2)CC1. The largest absolute Gasteiger partial charge is 0.534 e. The van der Waals surface area contributed by atoms with E-state index in [4.69, 9.17) is 37.7 Å². The molecule has 4 aromatic rings. The molecule has 7 saturated heterocycles. The lowest BCUT2D eigenvalue weighted by Gasteiger charge is -2.32. The van der Waals surface area contributed by atoms with E-state index in [9.17, 15) is 86.0 Å². The summed E-state index contributed by atoms with van der Waals surface area (Å²) in [5.41, 5.74) is -6.24. The maximum atomic E-state index is 12.1. The van der Waals surface area contributed by atoms with E-state index in [1.165, 1.54) is 99.6 Å². The third-order valence-corrected chi connectivity index (χ3v) is 26.0. The summed E-state index contributed by atoms with van der Waals surface area (Å²) in [5.74, 6) is 0.277. The highest BCUT2D eigenvalue weighted by atomic mass is 32.2. The molecule has 1 saturated carbocycles. The maximum absolute atomic E-state index is 12.1. The smallest absolute Gasteiger partial charge is 0.400 e. The van der Waals surface area contributed by atoms with Crippen LogP contribution in [0.15, 0.2) is 134 Å². The normalized spacial score (nSPS) is 27.0. The molecule has 5 atom stereocenters. The second-order valence-corrected chi connectivity index (χ2v) is 34.6. The number of carbonyl (C=O) groups is 1. The van der Waals surface area contributed by atoms with Gasteiger partial charge in [-0.2, -0.15) is 21.6 Å². The second-order valence-electron chi connectivity index (χ2n) is 33.1. The predicted molar refractivity (Wildman–Crippen MR) is 427 cm³/mol. The minimum absolute atomic E-state index is 0.0617. The topological polar surface area (TPSA) is 406 Å². The quantitative estimate of drug-likeness (QED) is 0.0506. The zero-order valence-corrected chi connectivity index (χ0v) is 67.8.